The quantitative estimate of drug-likeness (QED) is 0.691. The number of benzene rings is 1. The number of rotatable bonds is 4. The minimum absolute atomic E-state index is 0.0561. The highest BCUT2D eigenvalue weighted by atomic mass is 19.1. The molecule has 0 aliphatic carbocycles. The summed E-state index contributed by atoms with van der Waals surface area (Å²) in [5.74, 6) is -0.937. The van der Waals surface area contributed by atoms with Crippen molar-refractivity contribution in [2.75, 3.05) is 13.2 Å². The van der Waals surface area contributed by atoms with Gasteiger partial charge in [0.25, 0.3) is 0 Å². The van der Waals surface area contributed by atoms with E-state index >= 15 is 0 Å². The zero-order valence-corrected chi connectivity index (χ0v) is 7.83. The first-order valence-electron chi connectivity index (χ1n) is 4.27. The van der Waals surface area contributed by atoms with Crippen LogP contribution in [0.3, 0.4) is 0 Å². The molecule has 14 heavy (non-hydrogen) atoms. The SMILES string of the molecule is CCOC(=O)COc1ccccc1F. The Morgan fingerprint density at radius 1 is 1.43 bits per heavy atom. The number of hydrogen-bond acceptors (Lipinski definition) is 3. The standard InChI is InChI=1S/C10H11FO3/c1-2-13-10(12)7-14-9-6-4-3-5-8(9)11/h3-6H,2,7H2,1H3. The van der Waals surface area contributed by atoms with Crippen molar-refractivity contribution in [3.05, 3.63) is 30.1 Å². The maximum absolute atomic E-state index is 12.9. The monoisotopic (exact) mass is 198 g/mol. The molecule has 76 valence electrons. The van der Waals surface area contributed by atoms with Gasteiger partial charge in [0.05, 0.1) is 6.61 Å². The first-order valence-corrected chi connectivity index (χ1v) is 4.27. The molecule has 0 heterocycles. The van der Waals surface area contributed by atoms with Gasteiger partial charge in [0.2, 0.25) is 0 Å². The summed E-state index contributed by atoms with van der Waals surface area (Å²) in [7, 11) is 0. The maximum Gasteiger partial charge on any atom is 0.344 e. The minimum atomic E-state index is -0.504. The molecule has 0 fully saturated rings. The number of ether oxygens (including phenoxy) is 2. The van der Waals surface area contributed by atoms with Crippen LogP contribution < -0.4 is 4.74 Å². The lowest BCUT2D eigenvalue weighted by Gasteiger charge is -2.05. The highest BCUT2D eigenvalue weighted by Crippen LogP contribution is 2.14. The third-order valence-corrected chi connectivity index (χ3v) is 1.49. The summed E-state index contributed by atoms with van der Waals surface area (Å²) in [5.41, 5.74) is 0. The van der Waals surface area contributed by atoms with Gasteiger partial charge in [-0.2, -0.15) is 0 Å². The third-order valence-electron chi connectivity index (χ3n) is 1.49. The average Bonchev–Trinajstić information content (AvgIpc) is 2.17. The van der Waals surface area contributed by atoms with Crippen molar-refractivity contribution < 1.29 is 18.7 Å². The number of hydrogen-bond donors (Lipinski definition) is 0. The van der Waals surface area contributed by atoms with E-state index < -0.39 is 11.8 Å². The first-order chi connectivity index (χ1) is 6.74. The van der Waals surface area contributed by atoms with Gasteiger partial charge >= 0.3 is 5.97 Å². The Kier molecular flexibility index (Phi) is 3.91. The maximum atomic E-state index is 12.9. The number of carbonyl (C=O) groups is 1. The van der Waals surface area contributed by atoms with E-state index in [0.29, 0.717) is 6.61 Å². The Bertz CT molecular complexity index is 312. The van der Waals surface area contributed by atoms with Crippen molar-refractivity contribution >= 4 is 5.97 Å². The molecule has 0 bridgehead atoms. The van der Waals surface area contributed by atoms with Gasteiger partial charge in [-0.15, -0.1) is 0 Å². The molecule has 0 aromatic heterocycles. The van der Waals surface area contributed by atoms with Crippen LogP contribution >= 0.6 is 0 Å². The molecule has 1 aromatic rings. The summed E-state index contributed by atoms with van der Waals surface area (Å²) in [5, 5.41) is 0. The predicted molar refractivity (Wildman–Crippen MR) is 48.5 cm³/mol. The molecular formula is C10H11FO3. The van der Waals surface area contributed by atoms with E-state index in [0.717, 1.165) is 0 Å². The van der Waals surface area contributed by atoms with Crippen LogP contribution in [0.15, 0.2) is 24.3 Å². The van der Waals surface area contributed by atoms with Crippen molar-refractivity contribution in [2.24, 2.45) is 0 Å². The summed E-state index contributed by atoms with van der Waals surface area (Å²) in [6.45, 7) is 1.72. The van der Waals surface area contributed by atoms with Crippen LogP contribution in [0.25, 0.3) is 0 Å². The van der Waals surface area contributed by atoms with Crippen molar-refractivity contribution in [1.82, 2.24) is 0 Å². The van der Waals surface area contributed by atoms with E-state index in [2.05, 4.69) is 4.74 Å². The Morgan fingerprint density at radius 2 is 2.14 bits per heavy atom. The fourth-order valence-corrected chi connectivity index (χ4v) is 0.901. The second-order valence-corrected chi connectivity index (χ2v) is 2.52. The van der Waals surface area contributed by atoms with Gasteiger partial charge in [0.15, 0.2) is 18.2 Å². The van der Waals surface area contributed by atoms with Crippen LogP contribution in [-0.4, -0.2) is 19.2 Å². The van der Waals surface area contributed by atoms with Gasteiger partial charge in [-0.25, -0.2) is 9.18 Å². The topological polar surface area (TPSA) is 35.5 Å². The largest absolute Gasteiger partial charge is 0.479 e. The lowest BCUT2D eigenvalue weighted by molar-refractivity contribution is -0.145. The van der Waals surface area contributed by atoms with Gasteiger partial charge in [0.1, 0.15) is 0 Å². The highest BCUT2D eigenvalue weighted by molar-refractivity contribution is 5.71. The van der Waals surface area contributed by atoms with E-state index in [1.807, 2.05) is 0 Å². The van der Waals surface area contributed by atoms with Crippen LogP contribution in [0.2, 0.25) is 0 Å². The van der Waals surface area contributed by atoms with Crippen LogP contribution in [0.1, 0.15) is 6.92 Å². The molecule has 0 atom stereocenters. The summed E-state index contributed by atoms with van der Waals surface area (Å²) in [6, 6.07) is 5.89. The Labute approximate surface area is 81.4 Å². The summed E-state index contributed by atoms with van der Waals surface area (Å²) >= 11 is 0. The molecular weight excluding hydrogens is 187 g/mol. The van der Waals surface area contributed by atoms with Crippen LogP contribution in [0, 0.1) is 5.82 Å². The minimum Gasteiger partial charge on any atom is -0.479 e. The van der Waals surface area contributed by atoms with Crippen LogP contribution in [0.4, 0.5) is 4.39 Å². The molecule has 1 rings (SSSR count). The number of carbonyl (C=O) groups excluding carboxylic acids is 1. The molecule has 0 amide bonds. The molecule has 0 saturated heterocycles. The van der Waals surface area contributed by atoms with Gasteiger partial charge in [-0.3, -0.25) is 0 Å². The van der Waals surface area contributed by atoms with E-state index in [4.69, 9.17) is 4.74 Å². The lowest BCUT2D eigenvalue weighted by atomic mass is 10.3. The van der Waals surface area contributed by atoms with Crippen molar-refractivity contribution in [3.8, 4) is 5.75 Å². The van der Waals surface area contributed by atoms with Gasteiger partial charge in [-0.05, 0) is 19.1 Å². The zero-order valence-electron chi connectivity index (χ0n) is 7.83. The molecule has 4 heteroatoms. The Balaban J connectivity index is 2.46. The third kappa shape index (κ3) is 3.05. The smallest absolute Gasteiger partial charge is 0.344 e. The fourth-order valence-electron chi connectivity index (χ4n) is 0.901. The molecule has 0 N–H and O–H groups in total. The molecule has 0 saturated carbocycles. The van der Waals surface area contributed by atoms with E-state index in [1.54, 1.807) is 19.1 Å². The summed E-state index contributed by atoms with van der Waals surface area (Å²) in [4.78, 5) is 10.9. The van der Waals surface area contributed by atoms with Gasteiger partial charge in [-0.1, -0.05) is 12.1 Å². The highest BCUT2D eigenvalue weighted by Gasteiger charge is 2.05. The fraction of sp³-hybridized carbons (Fsp3) is 0.300. The molecule has 0 radical (unpaired) electrons. The average molecular weight is 198 g/mol. The molecule has 0 spiro atoms. The van der Waals surface area contributed by atoms with Crippen molar-refractivity contribution in [3.63, 3.8) is 0 Å². The zero-order chi connectivity index (χ0) is 10.4. The number of halogens is 1. The van der Waals surface area contributed by atoms with Gasteiger partial charge in [0, 0.05) is 0 Å². The first kappa shape index (κ1) is 10.5. The second-order valence-electron chi connectivity index (χ2n) is 2.52. The van der Waals surface area contributed by atoms with E-state index in [-0.39, 0.29) is 12.4 Å². The summed E-state index contributed by atoms with van der Waals surface area (Å²) < 4.78 is 22.5. The molecule has 0 aliphatic rings. The van der Waals surface area contributed by atoms with Gasteiger partial charge < -0.3 is 9.47 Å². The molecule has 0 unspecified atom stereocenters. The number of para-hydroxylation sites is 1. The molecule has 0 aliphatic heterocycles. The molecule has 1 aromatic carbocycles. The van der Waals surface area contributed by atoms with E-state index in [9.17, 15) is 9.18 Å². The summed E-state index contributed by atoms with van der Waals surface area (Å²) in [6.07, 6.45) is 0. The Hall–Kier alpha value is -1.58. The van der Waals surface area contributed by atoms with Crippen LogP contribution in [-0.2, 0) is 9.53 Å². The van der Waals surface area contributed by atoms with Crippen LogP contribution in [0.5, 0.6) is 5.75 Å². The normalized spacial score (nSPS) is 9.57. The number of esters is 1. The van der Waals surface area contributed by atoms with Crippen molar-refractivity contribution in [2.45, 2.75) is 6.92 Å². The van der Waals surface area contributed by atoms with E-state index in [1.165, 1.54) is 12.1 Å². The molecule has 3 nitrogen and oxygen atoms in total. The van der Waals surface area contributed by atoms with Crippen molar-refractivity contribution in [1.29, 1.82) is 0 Å². The second kappa shape index (κ2) is 5.21. The predicted octanol–water partition coefficient (Wildman–Crippen LogP) is 1.77. The lowest BCUT2D eigenvalue weighted by Crippen LogP contribution is -2.14. The Morgan fingerprint density at radius 3 is 2.79 bits per heavy atom.